The molecule has 0 saturated carbocycles. The van der Waals surface area contributed by atoms with Crippen LogP contribution in [0.1, 0.15) is 24.8 Å². The predicted octanol–water partition coefficient (Wildman–Crippen LogP) is 1.96. The van der Waals surface area contributed by atoms with Crippen molar-refractivity contribution in [3.63, 3.8) is 0 Å². The molecule has 1 N–H and O–H groups in total. The number of nitrogens with zero attached hydrogens (tertiary/aromatic N) is 3. The molecule has 1 aliphatic heterocycles. The number of β-amino-alcohol motifs (C(OH)–C–C–N with tert-alkyl or cyclic N) is 1. The molecule has 0 aromatic carbocycles. The van der Waals surface area contributed by atoms with Gasteiger partial charge in [-0.25, -0.2) is 4.98 Å². The Labute approximate surface area is 134 Å². The van der Waals surface area contributed by atoms with E-state index in [2.05, 4.69) is 25.8 Å². The Bertz CT molecular complexity index is 536. The van der Waals surface area contributed by atoms with Gasteiger partial charge in [-0.15, -0.1) is 0 Å². The van der Waals surface area contributed by atoms with Crippen molar-refractivity contribution in [1.82, 2.24) is 9.88 Å². The van der Waals surface area contributed by atoms with Crippen molar-refractivity contribution in [1.29, 1.82) is 0 Å². The smallest absolute Gasteiger partial charge is 0.225 e. The lowest BCUT2D eigenvalue weighted by molar-refractivity contribution is -0.134. The standard InChI is InChI=1S/C15H22BrN3O2/c1-11-7-13(17-9-12(11)16)19-6-4-5-15(21,10-19)8-14(20)18(2)3/h7,9,21H,4-6,8,10H2,1-3H3. The van der Waals surface area contributed by atoms with Crippen LogP contribution in [0.4, 0.5) is 5.82 Å². The molecule has 0 aliphatic carbocycles. The predicted molar refractivity (Wildman–Crippen MR) is 86.4 cm³/mol. The number of anilines is 1. The first-order chi connectivity index (χ1) is 9.81. The highest BCUT2D eigenvalue weighted by molar-refractivity contribution is 9.10. The number of piperidine rings is 1. The minimum atomic E-state index is -0.970. The van der Waals surface area contributed by atoms with Crippen molar-refractivity contribution in [2.75, 3.05) is 32.1 Å². The van der Waals surface area contributed by atoms with Crippen molar-refractivity contribution in [2.24, 2.45) is 0 Å². The lowest BCUT2D eigenvalue weighted by Crippen LogP contribution is -2.50. The second-order valence-electron chi connectivity index (χ2n) is 6.01. The molecule has 0 bridgehead atoms. The van der Waals surface area contributed by atoms with Gasteiger partial charge in [-0.05, 0) is 47.3 Å². The summed E-state index contributed by atoms with van der Waals surface area (Å²) in [6.07, 6.45) is 3.45. The van der Waals surface area contributed by atoms with Gasteiger partial charge < -0.3 is 14.9 Å². The summed E-state index contributed by atoms with van der Waals surface area (Å²) < 4.78 is 0.973. The van der Waals surface area contributed by atoms with E-state index < -0.39 is 5.60 Å². The number of rotatable bonds is 3. The summed E-state index contributed by atoms with van der Waals surface area (Å²) in [4.78, 5) is 19.9. The summed E-state index contributed by atoms with van der Waals surface area (Å²) >= 11 is 3.44. The zero-order valence-corrected chi connectivity index (χ0v) is 14.4. The van der Waals surface area contributed by atoms with Crippen LogP contribution < -0.4 is 4.90 Å². The number of carbonyl (C=O) groups excluding carboxylic acids is 1. The zero-order valence-electron chi connectivity index (χ0n) is 12.8. The van der Waals surface area contributed by atoms with E-state index in [4.69, 9.17) is 0 Å². The van der Waals surface area contributed by atoms with Gasteiger partial charge in [0, 0.05) is 37.9 Å². The highest BCUT2D eigenvalue weighted by atomic mass is 79.9. The third-order valence-corrected chi connectivity index (χ3v) is 4.72. The van der Waals surface area contributed by atoms with E-state index in [9.17, 15) is 9.90 Å². The molecule has 2 heterocycles. The fourth-order valence-corrected chi connectivity index (χ4v) is 2.81. The Morgan fingerprint density at radius 2 is 2.29 bits per heavy atom. The molecular weight excluding hydrogens is 334 g/mol. The number of carbonyl (C=O) groups is 1. The molecule has 1 fully saturated rings. The first-order valence-corrected chi connectivity index (χ1v) is 7.90. The van der Waals surface area contributed by atoms with Crippen molar-refractivity contribution < 1.29 is 9.90 Å². The molecule has 116 valence electrons. The molecule has 1 amide bonds. The maximum atomic E-state index is 11.9. The Morgan fingerprint density at radius 1 is 1.57 bits per heavy atom. The molecule has 1 saturated heterocycles. The summed E-state index contributed by atoms with van der Waals surface area (Å²) in [7, 11) is 3.43. The Hall–Kier alpha value is -1.14. The largest absolute Gasteiger partial charge is 0.388 e. The molecule has 6 heteroatoms. The Balaban J connectivity index is 2.12. The number of amides is 1. The number of aryl methyl sites for hydroxylation is 1. The molecule has 1 aromatic rings. The van der Waals surface area contributed by atoms with Gasteiger partial charge in [-0.3, -0.25) is 4.79 Å². The maximum absolute atomic E-state index is 11.9. The molecule has 0 spiro atoms. The van der Waals surface area contributed by atoms with Gasteiger partial charge in [0.15, 0.2) is 0 Å². The van der Waals surface area contributed by atoms with Crippen molar-refractivity contribution in [3.05, 3.63) is 22.3 Å². The lowest BCUT2D eigenvalue weighted by Gasteiger charge is -2.40. The summed E-state index contributed by atoms with van der Waals surface area (Å²) in [5.41, 5.74) is 0.140. The SMILES string of the molecule is Cc1cc(N2CCCC(O)(CC(=O)N(C)C)C2)ncc1Br. The summed E-state index contributed by atoms with van der Waals surface area (Å²) in [5.74, 6) is 0.811. The van der Waals surface area contributed by atoms with Crippen molar-refractivity contribution >= 4 is 27.7 Å². The summed E-state index contributed by atoms with van der Waals surface area (Å²) in [5, 5.41) is 10.7. The van der Waals surface area contributed by atoms with Crippen LogP contribution in [0.3, 0.4) is 0 Å². The van der Waals surface area contributed by atoms with Crippen molar-refractivity contribution in [3.8, 4) is 0 Å². The lowest BCUT2D eigenvalue weighted by atomic mass is 9.89. The normalized spacial score (nSPS) is 22.2. The molecule has 21 heavy (non-hydrogen) atoms. The van der Waals surface area contributed by atoms with Crippen LogP contribution in [0.15, 0.2) is 16.7 Å². The fourth-order valence-electron chi connectivity index (χ4n) is 2.59. The highest BCUT2D eigenvalue weighted by Gasteiger charge is 2.36. The number of aliphatic hydroxyl groups is 1. The van der Waals surface area contributed by atoms with Crippen LogP contribution in [0.25, 0.3) is 0 Å². The second-order valence-corrected chi connectivity index (χ2v) is 6.86. The minimum Gasteiger partial charge on any atom is -0.388 e. The highest BCUT2D eigenvalue weighted by Crippen LogP contribution is 2.29. The zero-order chi connectivity index (χ0) is 15.6. The third-order valence-electron chi connectivity index (χ3n) is 3.89. The van der Waals surface area contributed by atoms with Crippen LogP contribution in [0.5, 0.6) is 0 Å². The van der Waals surface area contributed by atoms with E-state index in [0.717, 1.165) is 28.8 Å². The number of hydrogen-bond acceptors (Lipinski definition) is 4. The van der Waals surface area contributed by atoms with Crippen LogP contribution in [0.2, 0.25) is 0 Å². The van der Waals surface area contributed by atoms with Gasteiger partial charge in [0.2, 0.25) is 5.91 Å². The molecule has 5 nitrogen and oxygen atoms in total. The van der Waals surface area contributed by atoms with Gasteiger partial charge in [0.25, 0.3) is 0 Å². The molecule has 1 aromatic heterocycles. The number of aromatic nitrogens is 1. The number of pyridine rings is 1. The molecule has 2 rings (SSSR count). The maximum Gasteiger partial charge on any atom is 0.225 e. The fraction of sp³-hybridized carbons (Fsp3) is 0.600. The van der Waals surface area contributed by atoms with Crippen LogP contribution >= 0.6 is 15.9 Å². The number of hydrogen-bond donors (Lipinski definition) is 1. The average Bonchev–Trinajstić information content (AvgIpc) is 2.41. The second kappa shape index (κ2) is 6.32. The van der Waals surface area contributed by atoms with Gasteiger partial charge in [-0.1, -0.05) is 0 Å². The van der Waals surface area contributed by atoms with E-state index in [0.29, 0.717) is 13.0 Å². The van der Waals surface area contributed by atoms with E-state index >= 15 is 0 Å². The summed E-state index contributed by atoms with van der Waals surface area (Å²) in [6.45, 7) is 3.31. The van der Waals surface area contributed by atoms with Gasteiger partial charge >= 0.3 is 0 Å². The quantitative estimate of drug-likeness (QED) is 0.900. The van der Waals surface area contributed by atoms with E-state index in [1.54, 1.807) is 20.3 Å². The first kappa shape index (κ1) is 16.2. The monoisotopic (exact) mass is 355 g/mol. The topological polar surface area (TPSA) is 56.7 Å². The minimum absolute atomic E-state index is 0.0423. The number of halogens is 1. The van der Waals surface area contributed by atoms with E-state index in [1.165, 1.54) is 4.90 Å². The van der Waals surface area contributed by atoms with Crippen LogP contribution in [-0.4, -0.2) is 53.7 Å². The third kappa shape index (κ3) is 3.95. The summed E-state index contributed by atoms with van der Waals surface area (Å²) in [6, 6.07) is 2.00. The molecule has 0 radical (unpaired) electrons. The Morgan fingerprint density at radius 3 is 2.90 bits per heavy atom. The average molecular weight is 356 g/mol. The Kier molecular flexibility index (Phi) is 4.88. The molecular formula is C15H22BrN3O2. The molecule has 1 aliphatic rings. The van der Waals surface area contributed by atoms with Gasteiger partial charge in [-0.2, -0.15) is 0 Å². The van der Waals surface area contributed by atoms with E-state index in [-0.39, 0.29) is 12.3 Å². The van der Waals surface area contributed by atoms with Crippen molar-refractivity contribution in [2.45, 2.75) is 31.8 Å². The van der Waals surface area contributed by atoms with Crippen LogP contribution in [0, 0.1) is 6.92 Å². The van der Waals surface area contributed by atoms with Gasteiger partial charge in [0.05, 0.1) is 12.0 Å². The van der Waals surface area contributed by atoms with Crippen LogP contribution in [-0.2, 0) is 4.79 Å². The van der Waals surface area contributed by atoms with E-state index in [1.807, 2.05) is 13.0 Å². The first-order valence-electron chi connectivity index (χ1n) is 7.10. The molecule has 1 unspecified atom stereocenters. The van der Waals surface area contributed by atoms with Gasteiger partial charge in [0.1, 0.15) is 5.82 Å². The molecule has 1 atom stereocenters.